The first kappa shape index (κ1) is 20.8. The molecule has 8 heteroatoms. The molecular formula is C22H29FN4O3. The fourth-order valence-corrected chi connectivity index (χ4v) is 4.27. The molecule has 0 aliphatic carbocycles. The van der Waals surface area contributed by atoms with Crippen LogP contribution in [0.1, 0.15) is 27.3 Å². The van der Waals surface area contributed by atoms with Gasteiger partial charge in [-0.05, 0) is 31.5 Å². The molecular weight excluding hydrogens is 387 g/mol. The molecule has 0 atom stereocenters. The molecule has 1 amide bonds. The number of anilines is 1. The molecule has 1 aromatic carbocycles. The number of aromatic nitrogens is 1. The second kappa shape index (κ2) is 9.16. The number of ether oxygens (including phenoxy) is 2. The van der Waals surface area contributed by atoms with Crippen LogP contribution in [-0.2, 0) is 16.0 Å². The number of halogens is 1. The summed E-state index contributed by atoms with van der Waals surface area (Å²) in [7, 11) is 0. The number of nitrogens with zero attached hydrogens (tertiary/aromatic N) is 3. The topological polar surface area (TPSA) is 59.0 Å². The molecule has 2 fully saturated rings. The standard InChI is InChI=1S/C22H29FN4O3/c1-16-20(25-7-11-29-12-8-25)17(2)27(15-18-3-5-19(23)6-4-18)21(16)22(28)24-26-9-13-30-14-10-26/h3-6H,7-15H2,1-2H3,(H,24,28). The number of hydrogen-bond acceptors (Lipinski definition) is 5. The predicted molar refractivity (Wildman–Crippen MR) is 112 cm³/mol. The third-order valence-electron chi connectivity index (χ3n) is 5.79. The number of amides is 1. The van der Waals surface area contributed by atoms with Gasteiger partial charge in [0.2, 0.25) is 0 Å². The maximum absolute atomic E-state index is 13.4. The minimum atomic E-state index is -0.265. The van der Waals surface area contributed by atoms with E-state index < -0.39 is 0 Å². The lowest BCUT2D eigenvalue weighted by atomic mass is 10.2. The van der Waals surface area contributed by atoms with Gasteiger partial charge in [0.1, 0.15) is 11.5 Å². The lowest BCUT2D eigenvalue weighted by Crippen LogP contribution is -2.48. The summed E-state index contributed by atoms with van der Waals surface area (Å²) in [6, 6.07) is 6.44. The maximum atomic E-state index is 13.4. The molecule has 4 rings (SSSR count). The highest BCUT2D eigenvalue weighted by molar-refractivity contribution is 5.96. The van der Waals surface area contributed by atoms with Crippen LogP contribution in [0.5, 0.6) is 0 Å². The van der Waals surface area contributed by atoms with Crippen molar-refractivity contribution >= 4 is 11.6 Å². The van der Waals surface area contributed by atoms with Crippen LogP contribution < -0.4 is 10.3 Å². The number of carbonyl (C=O) groups excluding carboxylic acids is 1. The Hall–Kier alpha value is -2.42. The zero-order valence-electron chi connectivity index (χ0n) is 17.6. The summed E-state index contributed by atoms with van der Waals surface area (Å²) >= 11 is 0. The van der Waals surface area contributed by atoms with Gasteiger partial charge in [0.15, 0.2) is 0 Å². The van der Waals surface area contributed by atoms with Crippen LogP contribution in [0.15, 0.2) is 24.3 Å². The normalized spacial score (nSPS) is 17.9. The molecule has 0 saturated carbocycles. The minimum absolute atomic E-state index is 0.126. The third-order valence-corrected chi connectivity index (χ3v) is 5.79. The van der Waals surface area contributed by atoms with Crippen molar-refractivity contribution in [2.45, 2.75) is 20.4 Å². The Morgan fingerprint density at radius 3 is 2.23 bits per heavy atom. The van der Waals surface area contributed by atoms with Crippen LogP contribution in [0.25, 0.3) is 0 Å². The molecule has 0 bridgehead atoms. The molecule has 162 valence electrons. The molecule has 0 unspecified atom stereocenters. The van der Waals surface area contributed by atoms with Gasteiger partial charge in [0, 0.05) is 44.0 Å². The van der Waals surface area contributed by atoms with E-state index in [2.05, 4.69) is 10.3 Å². The van der Waals surface area contributed by atoms with E-state index in [0.717, 1.165) is 35.6 Å². The summed E-state index contributed by atoms with van der Waals surface area (Å²) in [5.74, 6) is -0.391. The number of nitrogens with one attached hydrogen (secondary N) is 1. The average molecular weight is 416 g/mol. The first-order valence-electron chi connectivity index (χ1n) is 10.4. The maximum Gasteiger partial charge on any atom is 0.282 e. The number of morpholine rings is 2. The van der Waals surface area contributed by atoms with Gasteiger partial charge in [-0.25, -0.2) is 9.40 Å². The van der Waals surface area contributed by atoms with Crippen molar-refractivity contribution in [2.24, 2.45) is 0 Å². The molecule has 2 saturated heterocycles. The van der Waals surface area contributed by atoms with Gasteiger partial charge in [0.05, 0.1) is 32.1 Å². The van der Waals surface area contributed by atoms with E-state index in [9.17, 15) is 9.18 Å². The summed E-state index contributed by atoms with van der Waals surface area (Å²) < 4.78 is 26.3. The quantitative estimate of drug-likeness (QED) is 0.809. The van der Waals surface area contributed by atoms with Crippen molar-refractivity contribution in [3.05, 3.63) is 52.6 Å². The Kier molecular flexibility index (Phi) is 6.36. The molecule has 7 nitrogen and oxygen atoms in total. The van der Waals surface area contributed by atoms with E-state index in [1.54, 1.807) is 12.1 Å². The van der Waals surface area contributed by atoms with Gasteiger partial charge < -0.3 is 18.9 Å². The zero-order chi connectivity index (χ0) is 21.1. The smallest absolute Gasteiger partial charge is 0.282 e. The van der Waals surface area contributed by atoms with E-state index in [0.29, 0.717) is 51.8 Å². The summed E-state index contributed by atoms with van der Waals surface area (Å²) in [6.45, 7) is 10.1. The Labute approximate surface area is 176 Å². The first-order valence-corrected chi connectivity index (χ1v) is 10.4. The monoisotopic (exact) mass is 416 g/mol. The fourth-order valence-electron chi connectivity index (χ4n) is 4.27. The van der Waals surface area contributed by atoms with Crippen molar-refractivity contribution in [1.29, 1.82) is 0 Å². The number of benzene rings is 1. The van der Waals surface area contributed by atoms with E-state index in [1.165, 1.54) is 12.1 Å². The molecule has 2 aliphatic heterocycles. The molecule has 0 radical (unpaired) electrons. The third kappa shape index (κ3) is 4.35. The SMILES string of the molecule is Cc1c(N2CCOCC2)c(C)n(Cc2ccc(F)cc2)c1C(=O)NN1CCOCC1. The number of hydrogen-bond donors (Lipinski definition) is 1. The van der Waals surface area contributed by atoms with Gasteiger partial charge >= 0.3 is 0 Å². The Balaban J connectivity index is 1.69. The van der Waals surface area contributed by atoms with Crippen LogP contribution in [0.3, 0.4) is 0 Å². The second-order valence-corrected chi connectivity index (χ2v) is 7.76. The summed E-state index contributed by atoms with van der Waals surface area (Å²) in [4.78, 5) is 15.6. The Morgan fingerprint density at radius 1 is 1.00 bits per heavy atom. The van der Waals surface area contributed by atoms with Crippen molar-refractivity contribution in [3.63, 3.8) is 0 Å². The summed E-state index contributed by atoms with van der Waals surface area (Å²) in [5.41, 5.74) is 7.72. The van der Waals surface area contributed by atoms with Crippen LogP contribution in [0.4, 0.5) is 10.1 Å². The van der Waals surface area contributed by atoms with Gasteiger partial charge in [-0.15, -0.1) is 0 Å². The van der Waals surface area contributed by atoms with Gasteiger partial charge in [-0.2, -0.15) is 0 Å². The van der Waals surface area contributed by atoms with Crippen molar-refractivity contribution in [2.75, 3.05) is 57.5 Å². The zero-order valence-corrected chi connectivity index (χ0v) is 17.6. The average Bonchev–Trinajstić information content (AvgIpc) is 3.00. The van der Waals surface area contributed by atoms with Crippen LogP contribution in [-0.4, -0.2) is 68.1 Å². The number of hydrazine groups is 1. The fraction of sp³-hybridized carbons (Fsp3) is 0.500. The van der Waals surface area contributed by atoms with E-state index in [1.807, 2.05) is 23.4 Å². The molecule has 2 aliphatic rings. The number of carbonyl (C=O) groups is 1. The van der Waals surface area contributed by atoms with Gasteiger partial charge in [-0.1, -0.05) is 12.1 Å². The largest absolute Gasteiger partial charge is 0.379 e. The predicted octanol–water partition coefficient (Wildman–Crippen LogP) is 2.11. The van der Waals surface area contributed by atoms with E-state index >= 15 is 0 Å². The molecule has 1 aromatic heterocycles. The molecule has 30 heavy (non-hydrogen) atoms. The first-order chi connectivity index (χ1) is 14.5. The minimum Gasteiger partial charge on any atom is -0.379 e. The van der Waals surface area contributed by atoms with Crippen molar-refractivity contribution in [1.82, 2.24) is 15.0 Å². The highest BCUT2D eigenvalue weighted by Gasteiger charge is 2.28. The van der Waals surface area contributed by atoms with Crippen LogP contribution >= 0.6 is 0 Å². The molecule has 0 spiro atoms. The van der Waals surface area contributed by atoms with Crippen molar-refractivity contribution in [3.8, 4) is 0 Å². The number of rotatable bonds is 5. The molecule has 2 aromatic rings. The van der Waals surface area contributed by atoms with Crippen LogP contribution in [0.2, 0.25) is 0 Å². The Bertz CT molecular complexity index is 885. The van der Waals surface area contributed by atoms with E-state index in [-0.39, 0.29) is 11.7 Å². The lowest BCUT2D eigenvalue weighted by molar-refractivity contribution is 0.0123. The van der Waals surface area contributed by atoms with Crippen LogP contribution in [0, 0.1) is 19.7 Å². The van der Waals surface area contributed by atoms with Crippen molar-refractivity contribution < 1.29 is 18.7 Å². The molecule has 3 heterocycles. The second-order valence-electron chi connectivity index (χ2n) is 7.76. The van der Waals surface area contributed by atoms with Gasteiger partial charge in [0.25, 0.3) is 5.91 Å². The highest BCUT2D eigenvalue weighted by atomic mass is 19.1. The summed E-state index contributed by atoms with van der Waals surface area (Å²) in [5, 5.41) is 1.91. The van der Waals surface area contributed by atoms with Gasteiger partial charge in [-0.3, -0.25) is 10.2 Å². The summed E-state index contributed by atoms with van der Waals surface area (Å²) in [6.07, 6.45) is 0. The Morgan fingerprint density at radius 2 is 1.60 bits per heavy atom. The van der Waals surface area contributed by atoms with E-state index in [4.69, 9.17) is 9.47 Å². The molecule has 1 N–H and O–H groups in total. The highest BCUT2D eigenvalue weighted by Crippen LogP contribution is 2.32. The lowest BCUT2D eigenvalue weighted by Gasteiger charge is -2.29.